The van der Waals surface area contributed by atoms with Gasteiger partial charge in [0.15, 0.2) is 0 Å². The normalized spacial score (nSPS) is 12.7. The molecule has 3 rings (SSSR count). The van der Waals surface area contributed by atoms with Crippen LogP contribution < -0.4 is 5.32 Å². The highest BCUT2D eigenvalue weighted by atomic mass is 15.4. The van der Waals surface area contributed by atoms with Crippen LogP contribution in [0.2, 0.25) is 0 Å². The summed E-state index contributed by atoms with van der Waals surface area (Å²) in [6, 6.07) is 10.5. The van der Waals surface area contributed by atoms with Crippen LogP contribution in [0, 0.1) is 0 Å². The number of likely N-dealkylation sites (N-methyl/N-ethyl adjacent to an activating group) is 1. The molecular formula is C15H17N5. The molecule has 0 aliphatic heterocycles. The minimum absolute atomic E-state index is 0.123. The molecule has 1 atom stereocenters. The second kappa shape index (κ2) is 5.38. The Morgan fingerprint density at radius 1 is 1.25 bits per heavy atom. The highest BCUT2D eigenvalue weighted by Gasteiger charge is 2.16. The van der Waals surface area contributed by atoms with Gasteiger partial charge in [0.1, 0.15) is 0 Å². The number of rotatable bonds is 4. The molecule has 0 aliphatic carbocycles. The van der Waals surface area contributed by atoms with E-state index in [1.165, 1.54) is 10.8 Å². The molecule has 0 radical (unpaired) electrons. The molecule has 2 heterocycles. The van der Waals surface area contributed by atoms with Crippen molar-refractivity contribution >= 4 is 10.8 Å². The largest absolute Gasteiger partial charge is 0.311 e. The van der Waals surface area contributed by atoms with Gasteiger partial charge in [-0.05, 0) is 18.5 Å². The van der Waals surface area contributed by atoms with Crippen LogP contribution in [-0.4, -0.2) is 27.0 Å². The lowest BCUT2D eigenvalue weighted by Crippen LogP contribution is -2.20. The minimum Gasteiger partial charge on any atom is -0.311 e. The van der Waals surface area contributed by atoms with Crippen LogP contribution in [0.5, 0.6) is 0 Å². The molecule has 20 heavy (non-hydrogen) atoms. The smallest absolute Gasteiger partial charge is 0.0846 e. The van der Waals surface area contributed by atoms with Crippen LogP contribution in [-0.2, 0) is 13.5 Å². The topological polar surface area (TPSA) is 55.6 Å². The number of nitrogens with one attached hydrogen (secondary N) is 1. The van der Waals surface area contributed by atoms with Gasteiger partial charge >= 0.3 is 0 Å². The van der Waals surface area contributed by atoms with Crippen LogP contribution in [0.3, 0.4) is 0 Å². The molecule has 102 valence electrons. The van der Waals surface area contributed by atoms with E-state index in [2.05, 4.69) is 32.7 Å². The number of hydrogen-bond acceptors (Lipinski definition) is 4. The first-order valence-electron chi connectivity index (χ1n) is 6.64. The maximum Gasteiger partial charge on any atom is 0.0846 e. The van der Waals surface area contributed by atoms with Crippen molar-refractivity contribution in [2.24, 2.45) is 7.05 Å². The summed E-state index contributed by atoms with van der Waals surface area (Å²) in [5, 5.41) is 13.8. The predicted molar refractivity (Wildman–Crippen MR) is 78.3 cm³/mol. The van der Waals surface area contributed by atoms with Gasteiger partial charge in [-0.15, -0.1) is 5.10 Å². The van der Waals surface area contributed by atoms with Crippen molar-refractivity contribution in [1.82, 2.24) is 25.3 Å². The molecule has 0 saturated heterocycles. The average molecular weight is 267 g/mol. The Labute approximate surface area is 117 Å². The summed E-state index contributed by atoms with van der Waals surface area (Å²) in [5.41, 5.74) is 2.01. The maximum absolute atomic E-state index is 4.56. The molecule has 0 aliphatic rings. The molecule has 5 heteroatoms. The van der Waals surface area contributed by atoms with Gasteiger partial charge in [0.2, 0.25) is 0 Å². The number of aromatic nitrogens is 4. The van der Waals surface area contributed by atoms with Crippen LogP contribution in [0.4, 0.5) is 0 Å². The lowest BCUT2D eigenvalue weighted by Gasteiger charge is -2.16. The molecule has 0 fully saturated rings. The molecule has 0 saturated carbocycles. The quantitative estimate of drug-likeness (QED) is 0.784. The monoisotopic (exact) mass is 267 g/mol. The number of pyridine rings is 1. The van der Waals surface area contributed by atoms with Crippen LogP contribution in [0.15, 0.2) is 42.7 Å². The van der Waals surface area contributed by atoms with Gasteiger partial charge in [0.05, 0.1) is 17.4 Å². The summed E-state index contributed by atoms with van der Waals surface area (Å²) in [5.74, 6) is 0. The van der Waals surface area contributed by atoms with Gasteiger partial charge in [-0.1, -0.05) is 29.5 Å². The van der Waals surface area contributed by atoms with E-state index in [4.69, 9.17) is 0 Å². The summed E-state index contributed by atoms with van der Waals surface area (Å²) in [6.45, 7) is 0. The van der Waals surface area contributed by atoms with E-state index in [-0.39, 0.29) is 6.04 Å². The van der Waals surface area contributed by atoms with E-state index < -0.39 is 0 Å². The summed E-state index contributed by atoms with van der Waals surface area (Å²) >= 11 is 0. The molecule has 1 aromatic carbocycles. The molecule has 3 aromatic rings. The minimum atomic E-state index is 0.123. The second-order valence-corrected chi connectivity index (χ2v) is 4.85. The standard InChI is InChI=1S/C15H17N5/c1-16-14(9-12-10-20(2)19-18-12)15-13-6-4-3-5-11(13)7-8-17-15/h3-8,10,14,16H,9H2,1-2H3. The van der Waals surface area contributed by atoms with Gasteiger partial charge in [0, 0.05) is 31.2 Å². The van der Waals surface area contributed by atoms with E-state index in [9.17, 15) is 0 Å². The van der Waals surface area contributed by atoms with Gasteiger partial charge in [-0.3, -0.25) is 9.67 Å². The molecule has 1 unspecified atom stereocenters. The average Bonchev–Trinajstić information content (AvgIpc) is 2.89. The van der Waals surface area contributed by atoms with E-state index in [1.807, 2.05) is 44.7 Å². The van der Waals surface area contributed by atoms with Crippen molar-refractivity contribution in [3.63, 3.8) is 0 Å². The molecule has 0 spiro atoms. The summed E-state index contributed by atoms with van der Waals surface area (Å²) in [4.78, 5) is 4.56. The number of benzene rings is 1. The Kier molecular flexibility index (Phi) is 3.43. The molecule has 0 amide bonds. The molecular weight excluding hydrogens is 250 g/mol. The van der Waals surface area contributed by atoms with E-state index in [0.717, 1.165) is 17.8 Å². The zero-order valence-electron chi connectivity index (χ0n) is 11.6. The fourth-order valence-electron chi connectivity index (χ4n) is 2.45. The summed E-state index contributed by atoms with van der Waals surface area (Å²) < 4.78 is 1.72. The number of fused-ring (bicyclic) bond motifs is 1. The van der Waals surface area contributed by atoms with Crippen LogP contribution >= 0.6 is 0 Å². The first-order chi connectivity index (χ1) is 9.78. The van der Waals surface area contributed by atoms with Gasteiger partial charge in [0.25, 0.3) is 0 Å². The summed E-state index contributed by atoms with van der Waals surface area (Å²) in [6.07, 6.45) is 4.57. The number of aryl methyl sites for hydroxylation is 1. The third-order valence-electron chi connectivity index (χ3n) is 3.45. The van der Waals surface area contributed by atoms with Crippen molar-refractivity contribution in [2.45, 2.75) is 12.5 Å². The Bertz CT molecular complexity index is 714. The van der Waals surface area contributed by atoms with E-state index in [1.54, 1.807) is 4.68 Å². The first-order valence-corrected chi connectivity index (χ1v) is 6.64. The molecule has 0 bridgehead atoms. The third-order valence-corrected chi connectivity index (χ3v) is 3.45. The van der Waals surface area contributed by atoms with Gasteiger partial charge < -0.3 is 5.32 Å². The summed E-state index contributed by atoms with van der Waals surface area (Å²) in [7, 11) is 3.82. The highest BCUT2D eigenvalue weighted by Crippen LogP contribution is 2.23. The predicted octanol–water partition coefficient (Wildman–Crippen LogP) is 1.87. The zero-order chi connectivity index (χ0) is 13.9. The van der Waals surface area contributed by atoms with Crippen LogP contribution in [0.1, 0.15) is 17.4 Å². The third kappa shape index (κ3) is 2.40. The molecule has 1 N–H and O–H groups in total. The van der Waals surface area contributed by atoms with Crippen LogP contribution in [0.25, 0.3) is 10.8 Å². The lowest BCUT2D eigenvalue weighted by atomic mass is 10.0. The zero-order valence-corrected chi connectivity index (χ0v) is 11.6. The fourth-order valence-corrected chi connectivity index (χ4v) is 2.45. The second-order valence-electron chi connectivity index (χ2n) is 4.85. The van der Waals surface area contributed by atoms with Crippen molar-refractivity contribution < 1.29 is 0 Å². The molecule has 5 nitrogen and oxygen atoms in total. The van der Waals surface area contributed by atoms with Crippen molar-refractivity contribution in [3.05, 3.63) is 54.1 Å². The Morgan fingerprint density at radius 2 is 2.10 bits per heavy atom. The van der Waals surface area contributed by atoms with Crippen molar-refractivity contribution in [2.75, 3.05) is 7.05 Å². The lowest BCUT2D eigenvalue weighted by molar-refractivity contribution is 0.573. The number of nitrogens with zero attached hydrogens (tertiary/aromatic N) is 4. The van der Waals surface area contributed by atoms with E-state index in [0.29, 0.717) is 0 Å². The SMILES string of the molecule is CNC(Cc1cn(C)nn1)c1nccc2ccccc12. The van der Waals surface area contributed by atoms with Gasteiger partial charge in [-0.2, -0.15) is 0 Å². The fraction of sp³-hybridized carbons (Fsp3) is 0.267. The van der Waals surface area contributed by atoms with Crippen molar-refractivity contribution in [3.8, 4) is 0 Å². The first kappa shape index (κ1) is 12.7. The maximum atomic E-state index is 4.56. The van der Waals surface area contributed by atoms with Crippen molar-refractivity contribution in [1.29, 1.82) is 0 Å². The van der Waals surface area contributed by atoms with E-state index >= 15 is 0 Å². The molecule has 2 aromatic heterocycles. The Morgan fingerprint density at radius 3 is 2.85 bits per heavy atom. The Hall–Kier alpha value is -2.27. The van der Waals surface area contributed by atoms with Gasteiger partial charge in [-0.25, -0.2) is 0 Å². The Balaban J connectivity index is 1.98. The number of hydrogen-bond donors (Lipinski definition) is 1. The highest BCUT2D eigenvalue weighted by molar-refractivity contribution is 5.84.